The van der Waals surface area contributed by atoms with Crippen molar-refractivity contribution in [3.05, 3.63) is 65.5 Å². The van der Waals surface area contributed by atoms with Gasteiger partial charge in [-0.15, -0.1) is 0 Å². The van der Waals surface area contributed by atoms with Crippen molar-refractivity contribution in [2.24, 2.45) is 0 Å². The van der Waals surface area contributed by atoms with Gasteiger partial charge in [-0.05, 0) is 29.7 Å². The smallest absolute Gasteiger partial charge is 0.243 e. The molecule has 2 aromatic carbocycles. The van der Waals surface area contributed by atoms with Crippen LogP contribution in [-0.4, -0.2) is 56.3 Å². The van der Waals surface area contributed by atoms with Crippen molar-refractivity contribution in [2.45, 2.75) is 30.3 Å². The molecule has 1 N–H and O–H groups in total. The molecule has 8 heteroatoms. The molecular weight excluding hydrogens is 393 g/mol. The standard InChI is InChI=1S/C21H24FN3O3S/c22-19-7-3-4-8-20(19)29(27,28)23-11-9-21(26)25-14-18(15-25)24-12-10-16-5-1-2-6-17(16)13-24/h1-8,18,23H,9-15H2. The summed E-state index contributed by atoms with van der Waals surface area (Å²) in [6.45, 7) is 3.19. The highest BCUT2D eigenvalue weighted by Crippen LogP contribution is 2.24. The molecular formula is C21H24FN3O3S. The van der Waals surface area contributed by atoms with Crippen molar-refractivity contribution in [2.75, 3.05) is 26.2 Å². The van der Waals surface area contributed by atoms with Crippen LogP contribution in [0.25, 0.3) is 0 Å². The fourth-order valence-corrected chi connectivity index (χ4v) is 5.02. The highest BCUT2D eigenvalue weighted by atomic mass is 32.2. The van der Waals surface area contributed by atoms with E-state index in [0.717, 1.165) is 25.6 Å². The number of halogens is 1. The summed E-state index contributed by atoms with van der Waals surface area (Å²) in [7, 11) is -3.96. The van der Waals surface area contributed by atoms with Crippen molar-refractivity contribution in [3.63, 3.8) is 0 Å². The number of carbonyl (C=O) groups is 1. The number of rotatable bonds is 6. The van der Waals surface area contributed by atoms with E-state index in [9.17, 15) is 17.6 Å². The number of sulfonamides is 1. The summed E-state index contributed by atoms with van der Waals surface area (Å²) < 4.78 is 40.3. The van der Waals surface area contributed by atoms with Crippen LogP contribution in [-0.2, 0) is 27.8 Å². The number of nitrogens with zero attached hydrogens (tertiary/aromatic N) is 2. The van der Waals surface area contributed by atoms with Crippen LogP contribution in [0.2, 0.25) is 0 Å². The van der Waals surface area contributed by atoms with Gasteiger partial charge in [0.05, 0.1) is 0 Å². The zero-order valence-electron chi connectivity index (χ0n) is 16.1. The van der Waals surface area contributed by atoms with Gasteiger partial charge in [0.25, 0.3) is 0 Å². The molecule has 0 aromatic heterocycles. The van der Waals surface area contributed by atoms with Gasteiger partial charge >= 0.3 is 0 Å². The summed E-state index contributed by atoms with van der Waals surface area (Å²) in [6.07, 6.45) is 1.09. The first-order valence-electron chi connectivity index (χ1n) is 9.77. The number of likely N-dealkylation sites (tertiary alicyclic amines) is 1. The molecule has 2 aliphatic heterocycles. The minimum absolute atomic E-state index is 0.0479. The van der Waals surface area contributed by atoms with Crippen LogP contribution < -0.4 is 4.72 Å². The van der Waals surface area contributed by atoms with E-state index in [2.05, 4.69) is 33.9 Å². The van der Waals surface area contributed by atoms with E-state index in [1.165, 1.54) is 29.3 Å². The van der Waals surface area contributed by atoms with Crippen LogP contribution in [0, 0.1) is 5.82 Å². The molecule has 0 aliphatic carbocycles. The SMILES string of the molecule is O=C(CCNS(=O)(=O)c1ccccc1F)N1CC(N2CCc3ccccc3C2)C1. The first kappa shape index (κ1) is 20.0. The third-order valence-corrected chi connectivity index (χ3v) is 7.14. The van der Waals surface area contributed by atoms with Gasteiger partial charge in [0, 0.05) is 45.2 Å². The maximum atomic E-state index is 13.7. The predicted molar refractivity (Wildman–Crippen MR) is 107 cm³/mol. The van der Waals surface area contributed by atoms with Crippen LogP contribution in [0.1, 0.15) is 17.5 Å². The Kier molecular flexibility index (Phi) is 5.67. The van der Waals surface area contributed by atoms with E-state index < -0.39 is 20.7 Å². The van der Waals surface area contributed by atoms with Gasteiger partial charge in [0.1, 0.15) is 10.7 Å². The molecule has 29 heavy (non-hydrogen) atoms. The Bertz CT molecular complexity index is 1010. The Morgan fingerprint density at radius 1 is 1.07 bits per heavy atom. The lowest BCUT2D eigenvalue weighted by molar-refractivity contribution is -0.138. The molecule has 4 rings (SSSR count). The zero-order chi connectivity index (χ0) is 20.4. The van der Waals surface area contributed by atoms with Gasteiger partial charge in [0.2, 0.25) is 15.9 Å². The number of nitrogens with one attached hydrogen (secondary N) is 1. The van der Waals surface area contributed by atoms with Crippen molar-refractivity contribution < 1.29 is 17.6 Å². The topological polar surface area (TPSA) is 69.7 Å². The molecule has 0 unspecified atom stereocenters. The second kappa shape index (κ2) is 8.22. The van der Waals surface area contributed by atoms with Crippen molar-refractivity contribution in [3.8, 4) is 0 Å². The average Bonchev–Trinajstić information content (AvgIpc) is 2.67. The van der Waals surface area contributed by atoms with Gasteiger partial charge < -0.3 is 4.90 Å². The Morgan fingerprint density at radius 2 is 1.76 bits per heavy atom. The van der Waals surface area contributed by atoms with Crippen LogP contribution in [0.4, 0.5) is 4.39 Å². The molecule has 6 nitrogen and oxygen atoms in total. The molecule has 0 spiro atoms. The fraction of sp³-hybridized carbons (Fsp3) is 0.381. The Balaban J connectivity index is 1.23. The summed E-state index contributed by atoms with van der Waals surface area (Å²) in [6, 6.07) is 14.0. The second-order valence-electron chi connectivity index (χ2n) is 7.52. The predicted octanol–water partition coefficient (Wildman–Crippen LogP) is 1.76. The highest BCUT2D eigenvalue weighted by Gasteiger charge is 2.35. The summed E-state index contributed by atoms with van der Waals surface area (Å²) in [5, 5.41) is 0. The fourth-order valence-electron chi connectivity index (χ4n) is 3.91. The van der Waals surface area contributed by atoms with E-state index in [0.29, 0.717) is 19.1 Å². The van der Waals surface area contributed by atoms with E-state index in [1.807, 2.05) is 0 Å². The number of benzene rings is 2. The third kappa shape index (κ3) is 4.34. The van der Waals surface area contributed by atoms with Gasteiger partial charge in [-0.2, -0.15) is 0 Å². The largest absolute Gasteiger partial charge is 0.339 e. The normalized spacial score (nSPS) is 17.6. The van der Waals surface area contributed by atoms with Gasteiger partial charge in [-0.1, -0.05) is 36.4 Å². The number of carbonyl (C=O) groups excluding carboxylic acids is 1. The average molecular weight is 418 g/mol. The second-order valence-corrected chi connectivity index (χ2v) is 9.26. The van der Waals surface area contributed by atoms with Crippen LogP contribution in [0.5, 0.6) is 0 Å². The molecule has 1 saturated heterocycles. The Labute approximate surface area is 170 Å². The molecule has 0 atom stereocenters. The summed E-state index contributed by atoms with van der Waals surface area (Å²) >= 11 is 0. The van der Waals surface area contributed by atoms with E-state index >= 15 is 0 Å². The molecule has 2 aliphatic rings. The van der Waals surface area contributed by atoms with E-state index in [-0.39, 0.29) is 18.9 Å². The number of fused-ring (bicyclic) bond motifs is 1. The maximum Gasteiger partial charge on any atom is 0.243 e. The summed E-state index contributed by atoms with van der Waals surface area (Å²) in [5.74, 6) is -0.894. The molecule has 0 radical (unpaired) electrons. The Morgan fingerprint density at radius 3 is 2.52 bits per heavy atom. The third-order valence-electron chi connectivity index (χ3n) is 5.65. The van der Waals surface area contributed by atoms with Crippen LogP contribution in [0.3, 0.4) is 0 Å². The Hall–Kier alpha value is -2.29. The van der Waals surface area contributed by atoms with E-state index in [4.69, 9.17) is 0 Å². The lowest BCUT2D eigenvalue weighted by Crippen LogP contribution is -2.61. The van der Waals surface area contributed by atoms with Crippen molar-refractivity contribution in [1.82, 2.24) is 14.5 Å². The van der Waals surface area contributed by atoms with E-state index in [1.54, 1.807) is 4.90 Å². The number of hydrogen-bond donors (Lipinski definition) is 1. The monoisotopic (exact) mass is 417 g/mol. The summed E-state index contributed by atoms with van der Waals surface area (Å²) in [5.41, 5.74) is 2.75. The number of amides is 1. The maximum absolute atomic E-state index is 13.7. The first-order chi connectivity index (χ1) is 13.9. The summed E-state index contributed by atoms with van der Waals surface area (Å²) in [4.78, 5) is 16.1. The highest BCUT2D eigenvalue weighted by molar-refractivity contribution is 7.89. The van der Waals surface area contributed by atoms with Gasteiger partial charge in [-0.3, -0.25) is 9.69 Å². The minimum Gasteiger partial charge on any atom is -0.339 e. The van der Waals surface area contributed by atoms with Crippen LogP contribution in [0.15, 0.2) is 53.4 Å². The molecule has 2 heterocycles. The molecule has 154 valence electrons. The molecule has 1 fully saturated rings. The van der Waals surface area contributed by atoms with Gasteiger partial charge in [0.15, 0.2) is 0 Å². The van der Waals surface area contributed by atoms with Crippen LogP contribution >= 0.6 is 0 Å². The minimum atomic E-state index is -3.96. The molecule has 2 aromatic rings. The molecule has 0 saturated carbocycles. The molecule has 1 amide bonds. The zero-order valence-corrected chi connectivity index (χ0v) is 16.9. The van der Waals surface area contributed by atoms with Crippen molar-refractivity contribution in [1.29, 1.82) is 0 Å². The lowest BCUT2D eigenvalue weighted by atomic mass is 9.96. The quantitative estimate of drug-likeness (QED) is 0.778. The van der Waals surface area contributed by atoms with Crippen molar-refractivity contribution >= 4 is 15.9 Å². The van der Waals surface area contributed by atoms with Gasteiger partial charge in [-0.25, -0.2) is 17.5 Å². The first-order valence-corrected chi connectivity index (χ1v) is 11.2. The lowest BCUT2D eigenvalue weighted by Gasteiger charge is -2.47. The molecule has 0 bridgehead atoms. The number of hydrogen-bond acceptors (Lipinski definition) is 4.